The molecule has 3 unspecified atom stereocenters. The number of aliphatic hydroxyl groups excluding tert-OH is 1. The van der Waals surface area contributed by atoms with E-state index in [9.17, 15) is 19.5 Å². The standard InChI is InChI=1S/C32H43N5O6/c1-7-9-12-16-42-30(41)26-25-28(39)37(24(18-38)20(3)4)27(32(25)17-21(5)31(26,6)43-32)29(40)35(15-8-2)19-36-23-14-11-10-13-22(23)33-34-36/h7-8,10-11,13-14,20-21,24-27,38H,1-2,9,12,15-19H2,3-6H3/t21?,24-,25-,26+,27?,31-,32?/m0/s1. The lowest BCUT2D eigenvalue weighted by Gasteiger charge is -2.40. The molecule has 0 saturated carbocycles. The first-order valence-corrected chi connectivity index (χ1v) is 15.1. The van der Waals surface area contributed by atoms with Gasteiger partial charge in [0.1, 0.15) is 29.7 Å². The molecule has 0 radical (unpaired) electrons. The van der Waals surface area contributed by atoms with Gasteiger partial charge in [-0.05, 0) is 50.2 Å². The highest BCUT2D eigenvalue weighted by atomic mass is 16.6. The second-order valence-corrected chi connectivity index (χ2v) is 12.6. The molecule has 232 valence electrons. The Balaban J connectivity index is 1.57. The molecule has 1 aromatic carbocycles. The number of para-hydroxylation sites is 1. The van der Waals surface area contributed by atoms with Crippen molar-refractivity contribution in [3.63, 3.8) is 0 Å². The number of aliphatic hydroxyl groups is 1. The highest BCUT2D eigenvalue weighted by Crippen LogP contribution is 2.65. The fraction of sp³-hybridized carbons (Fsp3) is 0.594. The molecule has 4 heterocycles. The summed E-state index contributed by atoms with van der Waals surface area (Å²) in [4.78, 5) is 46.1. The van der Waals surface area contributed by atoms with Crippen molar-refractivity contribution in [3.05, 3.63) is 49.6 Å². The molecule has 1 spiro atoms. The fourth-order valence-corrected chi connectivity index (χ4v) is 7.51. The summed E-state index contributed by atoms with van der Waals surface area (Å²) in [5, 5.41) is 19.0. The van der Waals surface area contributed by atoms with Crippen molar-refractivity contribution in [2.24, 2.45) is 23.7 Å². The van der Waals surface area contributed by atoms with Crippen LogP contribution in [0.5, 0.6) is 0 Å². The van der Waals surface area contributed by atoms with Gasteiger partial charge < -0.3 is 24.4 Å². The molecule has 3 fully saturated rings. The number of esters is 1. The molecule has 2 amide bonds. The number of allylic oxidation sites excluding steroid dienone is 1. The Bertz CT molecular complexity index is 1410. The van der Waals surface area contributed by atoms with E-state index in [1.54, 1.807) is 21.7 Å². The molecular formula is C32H43N5O6. The van der Waals surface area contributed by atoms with Gasteiger partial charge in [0.25, 0.3) is 0 Å². The minimum Gasteiger partial charge on any atom is -0.465 e. The second kappa shape index (κ2) is 11.8. The van der Waals surface area contributed by atoms with Crippen molar-refractivity contribution >= 4 is 28.8 Å². The number of amides is 2. The number of hydrogen-bond donors (Lipinski definition) is 1. The number of rotatable bonds is 13. The molecule has 0 aliphatic carbocycles. The molecule has 1 N–H and O–H groups in total. The maximum Gasteiger partial charge on any atom is 0.312 e. The van der Waals surface area contributed by atoms with Crippen LogP contribution in [0.1, 0.15) is 47.0 Å². The van der Waals surface area contributed by atoms with Crippen molar-refractivity contribution in [2.45, 2.75) is 76.9 Å². The Morgan fingerprint density at radius 2 is 2.02 bits per heavy atom. The summed E-state index contributed by atoms with van der Waals surface area (Å²) in [5.74, 6) is -3.30. The van der Waals surface area contributed by atoms with Crippen molar-refractivity contribution < 1.29 is 29.0 Å². The third-order valence-corrected chi connectivity index (χ3v) is 9.74. The first-order valence-electron chi connectivity index (χ1n) is 15.1. The van der Waals surface area contributed by atoms with Crippen molar-refractivity contribution in [1.29, 1.82) is 0 Å². The lowest BCUT2D eigenvalue weighted by Crippen LogP contribution is -2.60. The zero-order valence-electron chi connectivity index (χ0n) is 25.5. The Morgan fingerprint density at radius 1 is 1.28 bits per heavy atom. The molecule has 3 aliphatic heterocycles. The third-order valence-electron chi connectivity index (χ3n) is 9.74. The van der Waals surface area contributed by atoms with E-state index in [4.69, 9.17) is 9.47 Å². The normalized spacial score (nSPS) is 30.1. The quantitative estimate of drug-likeness (QED) is 0.213. The number of fused-ring (bicyclic) bond motifs is 2. The number of carbonyl (C=O) groups excluding carboxylic acids is 3. The van der Waals surface area contributed by atoms with Gasteiger partial charge in [0.05, 0.1) is 36.3 Å². The van der Waals surface area contributed by atoms with Gasteiger partial charge in [0.15, 0.2) is 0 Å². The summed E-state index contributed by atoms with van der Waals surface area (Å²) in [5.41, 5.74) is -0.801. The fourth-order valence-electron chi connectivity index (χ4n) is 7.51. The van der Waals surface area contributed by atoms with Gasteiger partial charge in [0.2, 0.25) is 11.8 Å². The van der Waals surface area contributed by atoms with E-state index >= 15 is 0 Å². The monoisotopic (exact) mass is 593 g/mol. The van der Waals surface area contributed by atoms with Crippen LogP contribution in [0.2, 0.25) is 0 Å². The SMILES string of the molecule is C=CCCCOC(=O)[C@H]1[C@H]2C(=O)N([C@@H](CO)C(C)C)C(C(=O)N(CC=C)Cn3nnc4ccccc43)C23CC(C)[C@]1(C)O3. The topological polar surface area (TPSA) is 127 Å². The maximum atomic E-state index is 14.8. The first kappa shape index (κ1) is 30.9. The van der Waals surface area contributed by atoms with Gasteiger partial charge in [-0.1, -0.05) is 50.3 Å². The van der Waals surface area contributed by atoms with Crippen LogP contribution < -0.4 is 0 Å². The summed E-state index contributed by atoms with van der Waals surface area (Å²) < 4.78 is 14.2. The number of hydrogen-bond acceptors (Lipinski definition) is 8. The van der Waals surface area contributed by atoms with Gasteiger partial charge in [-0.15, -0.1) is 18.3 Å². The Morgan fingerprint density at radius 3 is 2.70 bits per heavy atom. The smallest absolute Gasteiger partial charge is 0.312 e. The Labute approximate surface area is 252 Å². The van der Waals surface area contributed by atoms with E-state index in [2.05, 4.69) is 23.5 Å². The average Bonchev–Trinajstić information content (AvgIpc) is 3.64. The Hall–Kier alpha value is -3.57. The zero-order valence-corrected chi connectivity index (χ0v) is 25.5. The van der Waals surface area contributed by atoms with Crippen LogP contribution >= 0.6 is 0 Å². The number of ether oxygens (including phenoxy) is 2. The minimum atomic E-state index is -1.26. The number of likely N-dealkylation sites (tertiary alicyclic amines) is 1. The molecule has 11 nitrogen and oxygen atoms in total. The van der Waals surface area contributed by atoms with Gasteiger partial charge in [-0.2, -0.15) is 0 Å². The van der Waals surface area contributed by atoms with Crippen LogP contribution in [0.4, 0.5) is 0 Å². The number of unbranched alkanes of at least 4 members (excludes halogenated alkanes) is 1. The molecule has 3 aliphatic rings. The van der Waals surface area contributed by atoms with Crippen LogP contribution in [0.3, 0.4) is 0 Å². The molecule has 1 aromatic heterocycles. The van der Waals surface area contributed by atoms with E-state index in [-0.39, 0.29) is 50.1 Å². The van der Waals surface area contributed by atoms with Crippen LogP contribution in [0.25, 0.3) is 11.0 Å². The largest absolute Gasteiger partial charge is 0.465 e. The molecule has 3 saturated heterocycles. The van der Waals surface area contributed by atoms with Crippen molar-refractivity contribution in [2.75, 3.05) is 19.8 Å². The van der Waals surface area contributed by atoms with Crippen molar-refractivity contribution in [1.82, 2.24) is 24.8 Å². The minimum absolute atomic E-state index is 0.0672. The number of carbonyl (C=O) groups is 3. The summed E-state index contributed by atoms with van der Waals surface area (Å²) >= 11 is 0. The number of aromatic nitrogens is 3. The molecular weight excluding hydrogens is 550 g/mol. The average molecular weight is 594 g/mol. The molecule has 2 aromatic rings. The van der Waals surface area contributed by atoms with E-state index in [0.29, 0.717) is 24.8 Å². The molecule has 5 rings (SSSR count). The molecule has 7 atom stereocenters. The Kier molecular flexibility index (Phi) is 8.50. The van der Waals surface area contributed by atoms with Gasteiger partial charge >= 0.3 is 5.97 Å². The van der Waals surface area contributed by atoms with Crippen LogP contribution in [0, 0.1) is 23.7 Å². The first-order chi connectivity index (χ1) is 20.5. The predicted molar refractivity (Wildman–Crippen MR) is 159 cm³/mol. The van der Waals surface area contributed by atoms with Crippen LogP contribution in [-0.2, 0) is 30.5 Å². The number of benzene rings is 1. The highest BCUT2D eigenvalue weighted by Gasteiger charge is 2.80. The maximum absolute atomic E-state index is 14.8. The van der Waals surface area contributed by atoms with Crippen LogP contribution in [-0.4, -0.2) is 90.7 Å². The van der Waals surface area contributed by atoms with E-state index < -0.39 is 41.1 Å². The molecule has 11 heteroatoms. The van der Waals surface area contributed by atoms with E-state index in [0.717, 1.165) is 5.52 Å². The summed E-state index contributed by atoms with van der Waals surface area (Å²) in [6.45, 7) is 15.3. The molecule has 43 heavy (non-hydrogen) atoms. The summed E-state index contributed by atoms with van der Waals surface area (Å²) in [7, 11) is 0. The zero-order chi connectivity index (χ0) is 31.1. The lowest BCUT2D eigenvalue weighted by molar-refractivity contribution is -0.164. The lowest BCUT2D eigenvalue weighted by atomic mass is 9.62. The van der Waals surface area contributed by atoms with E-state index in [1.807, 2.05) is 52.0 Å². The second-order valence-electron chi connectivity index (χ2n) is 12.6. The number of nitrogens with zero attached hydrogens (tertiary/aromatic N) is 5. The van der Waals surface area contributed by atoms with Crippen LogP contribution in [0.15, 0.2) is 49.6 Å². The molecule has 2 bridgehead atoms. The predicted octanol–water partition coefficient (Wildman–Crippen LogP) is 2.94. The van der Waals surface area contributed by atoms with Crippen molar-refractivity contribution in [3.8, 4) is 0 Å². The van der Waals surface area contributed by atoms with Gasteiger partial charge in [-0.3, -0.25) is 14.4 Å². The van der Waals surface area contributed by atoms with Gasteiger partial charge in [-0.25, -0.2) is 4.68 Å². The van der Waals surface area contributed by atoms with Gasteiger partial charge in [0, 0.05) is 6.54 Å². The summed E-state index contributed by atoms with van der Waals surface area (Å²) in [6.07, 6.45) is 5.13. The highest BCUT2D eigenvalue weighted by molar-refractivity contribution is 5.98. The third kappa shape index (κ3) is 4.86. The van der Waals surface area contributed by atoms with E-state index in [1.165, 1.54) is 4.90 Å². The summed E-state index contributed by atoms with van der Waals surface area (Å²) in [6, 6.07) is 5.74.